The number of carbonyl (C=O) groups is 2. The van der Waals surface area contributed by atoms with E-state index in [-0.39, 0.29) is 40.7 Å². The van der Waals surface area contributed by atoms with Crippen LogP contribution < -0.4 is 10.7 Å². The molecule has 160 valence electrons. The van der Waals surface area contributed by atoms with Gasteiger partial charge in [-0.05, 0) is 23.1 Å². The summed E-state index contributed by atoms with van der Waals surface area (Å²) in [4.78, 5) is 39.0. The Bertz CT molecular complexity index is 1080. The molecule has 2 N–H and O–H groups in total. The highest BCUT2D eigenvalue weighted by atomic mass is 35.5. The molecule has 2 amide bonds. The second kappa shape index (κ2) is 8.10. The van der Waals surface area contributed by atoms with Gasteiger partial charge < -0.3 is 19.9 Å². The van der Waals surface area contributed by atoms with Crippen molar-refractivity contribution in [2.45, 2.75) is 40.3 Å². The zero-order valence-corrected chi connectivity index (χ0v) is 17.7. The van der Waals surface area contributed by atoms with Crippen LogP contribution in [0.3, 0.4) is 0 Å². The highest BCUT2D eigenvalue weighted by molar-refractivity contribution is 6.30. The number of fused-ring (bicyclic) bond motifs is 1. The fourth-order valence-electron chi connectivity index (χ4n) is 3.30. The van der Waals surface area contributed by atoms with Crippen LogP contribution >= 0.6 is 11.6 Å². The van der Waals surface area contributed by atoms with E-state index in [0.717, 1.165) is 0 Å². The van der Waals surface area contributed by atoms with Gasteiger partial charge in [0.15, 0.2) is 11.4 Å². The maximum atomic E-state index is 13.4. The Kier molecular flexibility index (Phi) is 5.90. The summed E-state index contributed by atoms with van der Waals surface area (Å²) in [5, 5.41) is 12.9. The van der Waals surface area contributed by atoms with Crippen molar-refractivity contribution in [3.63, 3.8) is 0 Å². The average Bonchev–Trinajstić information content (AvgIpc) is 2.63. The predicted octanol–water partition coefficient (Wildman–Crippen LogP) is 3.38. The first-order valence-corrected chi connectivity index (χ1v) is 9.83. The molecule has 1 aliphatic heterocycles. The first kappa shape index (κ1) is 21.8. The van der Waals surface area contributed by atoms with Crippen molar-refractivity contribution < 1.29 is 19.1 Å². The molecule has 0 aliphatic carbocycles. The van der Waals surface area contributed by atoms with Gasteiger partial charge in [-0.3, -0.25) is 14.4 Å². The van der Waals surface area contributed by atoms with E-state index in [1.807, 2.05) is 20.8 Å². The number of amides is 2. The Morgan fingerprint density at radius 1 is 1.27 bits per heavy atom. The van der Waals surface area contributed by atoms with E-state index in [0.29, 0.717) is 18.7 Å². The number of carbonyl (C=O) groups excluding carboxylic acids is 2. The molecule has 0 saturated carbocycles. The third-order valence-electron chi connectivity index (χ3n) is 4.68. The molecule has 7 nitrogen and oxygen atoms in total. The number of rotatable bonds is 4. The molecule has 0 bridgehead atoms. The zero-order chi connectivity index (χ0) is 22.2. The normalized spacial score (nSPS) is 13.9. The Balaban J connectivity index is 1.85. The molecule has 0 atom stereocenters. The molecule has 0 fully saturated rings. The van der Waals surface area contributed by atoms with Gasteiger partial charge in [-0.2, -0.15) is 0 Å². The minimum absolute atomic E-state index is 0.0490. The van der Waals surface area contributed by atoms with Crippen LogP contribution in [0.15, 0.2) is 29.2 Å². The molecule has 0 saturated heterocycles. The second-order valence-corrected chi connectivity index (χ2v) is 8.93. The third kappa shape index (κ3) is 4.64. The molecule has 0 unspecified atom stereocenters. The zero-order valence-electron chi connectivity index (χ0n) is 17.0. The quantitative estimate of drug-likeness (QED) is 0.770. The van der Waals surface area contributed by atoms with Gasteiger partial charge >= 0.3 is 0 Å². The van der Waals surface area contributed by atoms with E-state index in [1.54, 1.807) is 0 Å². The number of halogens is 2. The lowest BCUT2D eigenvalue weighted by Crippen LogP contribution is -2.41. The average molecular weight is 436 g/mol. The van der Waals surface area contributed by atoms with Gasteiger partial charge in [0.25, 0.3) is 5.91 Å². The van der Waals surface area contributed by atoms with Gasteiger partial charge in [-0.25, -0.2) is 4.39 Å². The molecule has 1 aromatic carbocycles. The minimum Gasteiger partial charge on any atom is -0.502 e. The van der Waals surface area contributed by atoms with Crippen LogP contribution in [0.2, 0.25) is 5.02 Å². The largest absolute Gasteiger partial charge is 0.502 e. The molecular formula is C21H23ClFN3O4. The lowest BCUT2D eigenvalue weighted by Gasteiger charge is -2.30. The van der Waals surface area contributed by atoms with Gasteiger partial charge in [-0.15, -0.1) is 0 Å². The van der Waals surface area contributed by atoms with Crippen molar-refractivity contribution in [2.75, 3.05) is 11.9 Å². The molecule has 3 rings (SSSR count). The molecule has 30 heavy (non-hydrogen) atoms. The number of hydrogen-bond donors (Lipinski definition) is 2. The first-order chi connectivity index (χ1) is 14.0. The Morgan fingerprint density at radius 3 is 2.60 bits per heavy atom. The lowest BCUT2D eigenvalue weighted by molar-refractivity contribution is -0.117. The summed E-state index contributed by atoms with van der Waals surface area (Å²) in [5.41, 5.74) is -0.680. The second-order valence-electron chi connectivity index (χ2n) is 8.52. The van der Waals surface area contributed by atoms with Gasteiger partial charge in [-0.1, -0.05) is 38.4 Å². The van der Waals surface area contributed by atoms with Crippen LogP contribution in [0.1, 0.15) is 43.2 Å². The molecule has 2 heterocycles. The number of nitrogens with one attached hydrogen (secondary N) is 1. The summed E-state index contributed by atoms with van der Waals surface area (Å²) < 4.78 is 14.8. The maximum absolute atomic E-state index is 13.4. The van der Waals surface area contributed by atoms with Gasteiger partial charge in [0.2, 0.25) is 11.3 Å². The van der Waals surface area contributed by atoms with Crippen molar-refractivity contribution in [3.8, 4) is 5.75 Å². The van der Waals surface area contributed by atoms with Crippen LogP contribution in [0.4, 0.5) is 10.1 Å². The van der Waals surface area contributed by atoms with Crippen molar-refractivity contribution >= 4 is 29.1 Å². The summed E-state index contributed by atoms with van der Waals surface area (Å²) in [6.07, 6.45) is 1.57. The summed E-state index contributed by atoms with van der Waals surface area (Å²) in [6, 6.07) is 4.16. The summed E-state index contributed by atoms with van der Waals surface area (Å²) >= 11 is 5.80. The predicted molar refractivity (Wildman–Crippen MR) is 111 cm³/mol. The van der Waals surface area contributed by atoms with E-state index in [9.17, 15) is 23.9 Å². The van der Waals surface area contributed by atoms with Crippen molar-refractivity contribution in [1.82, 2.24) is 9.47 Å². The molecule has 2 aromatic rings. The van der Waals surface area contributed by atoms with Crippen molar-refractivity contribution in [2.24, 2.45) is 5.41 Å². The molecular weight excluding hydrogens is 413 g/mol. The smallest absolute Gasteiger partial charge is 0.274 e. The number of aromatic nitrogens is 1. The number of nitrogens with zero attached hydrogens (tertiary/aromatic N) is 2. The fraction of sp³-hybridized carbons (Fsp3) is 0.381. The van der Waals surface area contributed by atoms with Gasteiger partial charge in [0, 0.05) is 32.3 Å². The van der Waals surface area contributed by atoms with E-state index in [4.69, 9.17) is 11.6 Å². The standard InChI is InChI=1S/C21H23ClFN3O4/c1-21(2,3)9-16(27)24-15-11-25-6-7-26(20(30)17(25)19(29)18(15)28)10-12-4-5-14(23)13(22)8-12/h4-5,8,11,29H,6-7,9-10H2,1-3H3,(H,24,27). The van der Waals surface area contributed by atoms with Gasteiger partial charge in [0.1, 0.15) is 11.5 Å². The Morgan fingerprint density at radius 2 is 1.97 bits per heavy atom. The minimum atomic E-state index is -0.816. The molecule has 0 radical (unpaired) electrons. The SMILES string of the molecule is CC(C)(C)CC(=O)Nc1cn2c(c(O)c1=O)C(=O)N(Cc1ccc(F)c(Cl)c1)CC2. The van der Waals surface area contributed by atoms with Crippen LogP contribution in [0.5, 0.6) is 5.75 Å². The van der Waals surface area contributed by atoms with E-state index < -0.39 is 22.9 Å². The summed E-state index contributed by atoms with van der Waals surface area (Å²) in [6.45, 7) is 6.45. The number of hydrogen-bond acceptors (Lipinski definition) is 4. The Labute approximate surface area is 178 Å². The van der Waals surface area contributed by atoms with E-state index in [2.05, 4.69) is 5.32 Å². The molecule has 9 heteroatoms. The molecule has 0 spiro atoms. The fourth-order valence-corrected chi connectivity index (χ4v) is 3.51. The molecule has 1 aliphatic rings. The summed E-state index contributed by atoms with van der Waals surface area (Å²) in [7, 11) is 0. The number of pyridine rings is 1. The van der Waals surface area contributed by atoms with Crippen molar-refractivity contribution in [1.29, 1.82) is 0 Å². The number of anilines is 1. The highest BCUT2D eigenvalue weighted by Gasteiger charge is 2.30. The number of benzene rings is 1. The monoisotopic (exact) mass is 435 g/mol. The maximum Gasteiger partial charge on any atom is 0.274 e. The first-order valence-electron chi connectivity index (χ1n) is 9.46. The highest BCUT2D eigenvalue weighted by Crippen LogP contribution is 2.25. The van der Waals surface area contributed by atoms with Crippen molar-refractivity contribution in [3.05, 3.63) is 56.7 Å². The lowest BCUT2D eigenvalue weighted by atomic mass is 9.92. The molecule has 1 aromatic heterocycles. The number of aromatic hydroxyl groups is 1. The third-order valence-corrected chi connectivity index (χ3v) is 4.97. The summed E-state index contributed by atoms with van der Waals surface area (Å²) in [5.74, 6) is -2.16. The van der Waals surface area contributed by atoms with Gasteiger partial charge in [0.05, 0.1) is 5.02 Å². The topological polar surface area (TPSA) is 91.6 Å². The van der Waals surface area contributed by atoms with Crippen LogP contribution in [0.25, 0.3) is 0 Å². The van der Waals surface area contributed by atoms with E-state index in [1.165, 1.54) is 33.9 Å². The van der Waals surface area contributed by atoms with Crippen LogP contribution in [0, 0.1) is 11.2 Å². The van der Waals surface area contributed by atoms with Crippen LogP contribution in [-0.4, -0.2) is 32.9 Å². The van der Waals surface area contributed by atoms with Crippen LogP contribution in [-0.2, 0) is 17.9 Å². The Hall–Kier alpha value is -2.87. The van der Waals surface area contributed by atoms with E-state index >= 15 is 0 Å².